The van der Waals surface area contributed by atoms with E-state index < -0.39 is 11.7 Å². The third-order valence-electron chi connectivity index (χ3n) is 3.59. The Labute approximate surface area is 154 Å². The highest BCUT2D eigenvalue weighted by atomic mass is 32.1. The van der Waals surface area contributed by atoms with Gasteiger partial charge in [-0.2, -0.15) is 0 Å². The van der Waals surface area contributed by atoms with Gasteiger partial charge in [0.15, 0.2) is 5.11 Å². The van der Waals surface area contributed by atoms with E-state index >= 15 is 0 Å². The molecule has 138 valence electrons. The van der Waals surface area contributed by atoms with Gasteiger partial charge in [0.25, 0.3) is 5.78 Å². The second-order valence-electron chi connectivity index (χ2n) is 5.73. The molecule has 1 fully saturated rings. The molecular weight excluding hydrogens is 338 g/mol. The van der Waals surface area contributed by atoms with Gasteiger partial charge in [0.1, 0.15) is 0 Å². The SMILES string of the molecule is C1CCC1.CCCCCON(NC(N)=S)C(=O)C(=O)c1ccccc1. The second-order valence-corrected chi connectivity index (χ2v) is 6.17. The van der Waals surface area contributed by atoms with Gasteiger partial charge in [-0.05, 0) is 18.6 Å². The van der Waals surface area contributed by atoms with Crippen LogP contribution >= 0.6 is 12.2 Å². The molecule has 1 amide bonds. The van der Waals surface area contributed by atoms with Crippen LogP contribution in [0.2, 0.25) is 0 Å². The van der Waals surface area contributed by atoms with Crippen LogP contribution in [-0.2, 0) is 9.63 Å². The number of nitrogens with one attached hydrogen (secondary N) is 1. The number of nitrogens with two attached hydrogens (primary N) is 1. The summed E-state index contributed by atoms with van der Waals surface area (Å²) in [4.78, 5) is 29.4. The van der Waals surface area contributed by atoms with E-state index in [1.807, 2.05) is 0 Å². The van der Waals surface area contributed by atoms with Crippen molar-refractivity contribution in [3.8, 4) is 0 Å². The summed E-state index contributed by atoms with van der Waals surface area (Å²) in [7, 11) is 0. The molecule has 1 aromatic carbocycles. The van der Waals surface area contributed by atoms with Crippen LogP contribution in [0.1, 0.15) is 62.2 Å². The quantitative estimate of drug-likeness (QED) is 0.254. The summed E-state index contributed by atoms with van der Waals surface area (Å²) >= 11 is 4.68. The molecule has 1 saturated carbocycles. The van der Waals surface area contributed by atoms with Crippen molar-refractivity contribution in [3.05, 3.63) is 35.9 Å². The van der Waals surface area contributed by atoms with Gasteiger partial charge in [-0.25, -0.2) is 5.43 Å². The Morgan fingerprint density at radius 1 is 1.16 bits per heavy atom. The lowest BCUT2D eigenvalue weighted by Crippen LogP contribution is -2.50. The molecular formula is C18H27N3O3S. The zero-order chi connectivity index (χ0) is 18.5. The Hall–Kier alpha value is -1.99. The molecule has 0 spiro atoms. The predicted octanol–water partition coefficient (Wildman–Crippen LogP) is 3.13. The highest BCUT2D eigenvalue weighted by Crippen LogP contribution is 2.15. The lowest BCUT2D eigenvalue weighted by Gasteiger charge is -2.21. The minimum Gasteiger partial charge on any atom is -0.375 e. The predicted molar refractivity (Wildman–Crippen MR) is 101 cm³/mol. The van der Waals surface area contributed by atoms with E-state index in [1.54, 1.807) is 30.3 Å². The monoisotopic (exact) mass is 365 g/mol. The topological polar surface area (TPSA) is 84.7 Å². The maximum Gasteiger partial charge on any atom is 0.338 e. The number of thiocarbonyl (C=S) groups is 1. The number of benzene rings is 1. The Kier molecular flexibility index (Phi) is 10.4. The summed E-state index contributed by atoms with van der Waals surface area (Å²) < 4.78 is 0. The average Bonchev–Trinajstić information content (AvgIpc) is 2.55. The normalized spacial score (nSPS) is 12.2. The average molecular weight is 365 g/mol. The smallest absolute Gasteiger partial charge is 0.338 e. The van der Waals surface area contributed by atoms with Crippen molar-refractivity contribution >= 4 is 29.0 Å². The lowest BCUT2D eigenvalue weighted by molar-refractivity contribution is -0.192. The zero-order valence-corrected chi connectivity index (χ0v) is 15.5. The van der Waals surface area contributed by atoms with Gasteiger partial charge in [-0.1, -0.05) is 75.8 Å². The minimum atomic E-state index is -0.870. The molecule has 0 aromatic heterocycles. The number of unbranched alkanes of at least 4 members (excludes halogenated alkanes) is 2. The van der Waals surface area contributed by atoms with Crippen LogP contribution in [0.5, 0.6) is 0 Å². The van der Waals surface area contributed by atoms with Gasteiger partial charge < -0.3 is 5.73 Å². The first-order valence-electron chi connectivity index (χ1n) is 8.69. The fraction of sp³-hybridized carbons (Fsp3) is 0.500. The molecule has 25 heavy (non-hydrogen) atoms. The second kappa shape index (κ2) is 12.4. The number of Topliss-reactive ketones (excluding diaryl/α,β-unsaturated/α-hetero) is 1. The Morgan fingerprint density at radius 3 is 2.24 bits per heavy atom. The lowest BCUT2D eigenvalue weighted by atomic mass is 10.0. The van der Waals surface area contributed by atoms with Crippen molar-refractivity contribution in [2.45, 2.75) is 51.9 Å². The first-order valence-corrected chi connectivity index (χ1v) is 9.10. The summed E-state index contributed by atoms with van der Waals surface area (Å²) in [5, 5.41) is 0.549. The number of amides is 1. The number of hydrazine groups is 1. The van der Waals surface area contributed by atoms with E-state index in [0.29, 0.717) is 5.17 Å². The van der Waals surface area contributed by atoms with E-state index in [2.05, 4.69) is 24.6 Å². The molecule has 0 atom stereocenters. The van der Waals surface area contributed by atoms with Crippen molar-refractivity contribution in [2.75, 3.05) is 6.61 Å². The van der Waals surface area contributed by atoms with E-state index in [-0.39, 0.29) is 17.3 Å². The first kappa shape index (κ1) is 21.1. The van der Waals surface area contributed by atoms with Crippen LogP contribution in [0.25, 0.3) is 0 Å². The molecule has 1 aliphatic rings. The van der Waals surface area contributed by atoms with Gasteiger partial charge in [-0.15, -0.1) is 5.17 Å². The standard InChI is InChI=1S/C14H19N3O3S.C4H8/c1-2-3-7-10-20-17(16-14(15)21)13(19)12(18)11-8-5-4-6-9-11;1-2-4-3-1/h4-6,8-9H,2-3,7,10H2,1H3,(H3,15,16,21);1-4H2. The molecule has 0 aliphatic heterocycles. The van der Waals surface area contributed by atoms with E-state index in [0.717, 1.165) is 19.3 Å². The Bertz CT molecular complexity index is 544. The molecule has 0 heterocycles. The van der Waals surface area contributed by atoms with Crippen LogP contribution in [0.3, 0.4) is 0 Å². The van der Waals surface area contributed by atoms with Gasteiger partial charge in [0.05, 0.1) is 6.61 Å². The molecule has 0 bridgehead atoms. The number of hydrogen-bond acceptors (Lipinski definition) is 4. The maximum absolute atomic E-state index is 12.1. The number of carbonyl (C=O) groups is 2. The summed E-state index contributed by atoms with van der Waals surface area (Å²) in [6.45, 7) is 2.34. The van der Waals surface area contributed by atoms with Gasteiger partial charge in [0, 0.05) is 5.56 Å². The highest BCUT2D eigenvalue weighted by Gasteiger charge is 2.24. The Morgan fingerprint density at radius 2 is 1.76 bits per heavy atom. The van der Waals surface area contributed by atoms with Gasteiger partial charge in [0.2, 0.25) is 0 Å². The third kappa shape index (κ3) is 8.60. The van der Waals surface area contributed by atoms with Crippen molar-refractivity contribution in [3.63, 3.8) is 0 Å². The van der Waals surface area contributed by atoms with E-state index in [1.165, 1.54) is 25.7 Å². The van der Waals surface area contributed by atoms with Crippen LogP contribution in [0.15, 0.2) is 30.3 Å². The van der Waals surface area contributed by atoms with Crippen LogP contribution < -0.4 is 11.2 Å². The Balaban J connectivity index is 0.000000680. The van der Waals surface area contributed by atoms with Crippen LogP contribution in [-0.4, -0.2) is 28.6 Å². The molecule has 7 heteroatoms. The fourth-order valence-corrected chi connectivity index (χ4v) is 1.89. The van der Waals surface area contributed by atoms with Crippen molar-refractivity contribution in [2.24, 2.45) is 5.73 Å². The molecule has 2 rings (SSSR count). The third-order valence-corrected chi connectivity index (χ3v) is 3.69. The fourth-order valence-electron chi connectivity index (χ4n) is 1.80. The number of hydroxylamine groups is 1. The van der Waals surface area contributed by atoms with Crippen molar-refractivity contribution in [1.82, 2.24) is 10.6 Å². The maximum atomic E-state index is 12.1. The molecule has 0 saturated heterocycles. The van der Waals surface area contributed by atoms with Gasteiger partial charge in [-0.3, -0.25) is 14.4 Å². The number of rotatable bonds is 7. The van der Waals surface area contributed by atoms with Crippen molar-refractivity contribution in [1.29, 1.82) is 0 Å². The minimum absolute atomic E-state index is 0.153. The molecule has 6 nitrogen and oxygen atoms in total. The number of hydrogen-bond donors (Lipinski definition) is 2. The van der Waals surface area contributed by atoms with E-state index in [4.69, 9.17) is 10.6 Å². The number of ketones is 1. The van der Waals surface area contributed by atoms with Crippen molar-refractivity contribution < 1.29 is 14.4 Å². The molecule has 0 unspecified atom stereocenters. The largest absolute Gasteiger partial charge is 0.375 e. The highest BCUT2D eigenvalue weighted by molar-refractivity contribution is 7.80. The number of carbonyl (C=O) groups excluding carboxylic acids is 2. The summed E-state index contributed by atoms with van der Waals surface area (Å²) in [5.41, 5.74) is 7.97. The molecule has 3 N–H and O–H groups in total. The van der Waals surface area contributed by atoms with Crippen LogP contribution in [0.4, 0.5) is 0 Å². The first-order chi connectivity index (χ1) is 12.1. The molecule has 0 radical (unpaired) electrons. The summed E-state index contributed by atoms with van der Waals surface area (Å²) in [6.07, 6.45) is 8.74. The molecule has 1 aliphatic carbocycles. The van der Waals surface area contributed by atoms with Crippen LogP contribution in [0, 0.1) is 0 Å². The zero-order valence-electron chi connectivity index (χ0n) is 14.7. The molecule has 1 aromatic rings. The summed E-state index contributed by atoms with van der Waals surface area (Å²) in [5.74, 6) is -1.57. The van der Waals surface area contributed by atoms with E-state index in [9.17, 15) is 9.59 Å². The summed E-state index contributed by atoms with van der Waals surface area (Å²) in [6, 6.07) is 8.21. The van der Waals surface area contributed by atoms with Gasteiger partial charge >= 0.3 is 5.91 Å². The number of nitrogens with zero attached hydrogens (tertiary/aromatic N) is 1.